The lowest BCUT2D eigenvalue weighted by Gasteiger charge is -2.35. The Morgan fingerprint density at radius 1 is 1.40 bits per heavy atom. The van der Waals surface area contributed by atoms with Gasteiger partial charge in [-0.25, -0.2) is 9.18 Å². The Labute approximate surface area is 89.2 Å². The van der Waals surface area contributed by atoms with Gasteiger partial charge in [0.1, 0.15) is 6.17 Å². The van der Waals surface area contributed by atoms with Crippen LogP contribution in [0, 0.1) is 0 Å². The smallest absolute Gasteiger partial charge is 0.317 e. The highest BCUT2D eigenvalue weighted by Crippen LogP contribution is 2.12. The average molecular weight is 215 g/mol. The van der Waals surface area contributed by atoms with Crippen molar-refractivity contribution in [2.75, 3.05) is 26.2 Å². The fourth-order valence-corrected chi connectivity index (χ4v) is 2.00. The molecule has 0 spiro atoms. The normalized spacial score (nSPS) is 28.1. The Balaban J connectivity index is 1.72. The van der Waals surface area contributed by atoms with E-state index in [9.17, 15) is 9.18 Å². The topological polar surface area (TPSA) is 44.4 Å². The lowest BCUT2D eigenvalue weighted by Crippen LogP contribution is -2.57. The van der Waals surface area contributed by atoms with Crippen molar-refractivity contribution >= 4 is 6.03 Å². The molecule has 2 amide bonds. The highest BCUT2D eigenvalue weighted by molar-refractivity contribution is 5.75. The van der Waals surface area contributed by atoms with Crippen LogP contribution in [-0.4, -0.2) is 49.3 Å². The molecule has 2 N–H and O–H groups in total. The summed E-state index contributed by atoms with van der Waals surface area (Å²) >= 11 is 0. The number of hydrogen-bond donors (Lipinski definition) is 2. The average Bonchev–Trinajstić information content (AvgIpc) is 2.41. The molecule has 2 heterocycles. The fraction of sp³-hybridized carbons (Fsp3) is 0.900. The third-order valence-corrected chi connectivity index (χ3v) is 3.00. The molecule has 0 aromatic carbocycles. The lowest BCUT2D eigenvalue weighted by molar-refractivity contribution is 0.0880. The van der Waals surface area contributed by atoms with E-state index in [0.717, 1.165) is 25.9 Å². The van der Waals surface area contributed by atoms with Crippen molar-refractivity contribution in [2.45, 2.75) is 31.5 Å². The SMILES string of the molecule is O=C(NC1CCCCNC1)N1CC(F)C1. The molecule has 86 valence electrons. The molecule has 0 aromatic rings. The predicted molar refractivity (Wildman–Crippen MR) is 55.5 cm³/mol. The molecular formula is C10H18FN3O. The van der Waals surface area contributed by atoms with Crippen molar-refractivity contribution < 1.29 is 9.18 Å². The summed E-state index contributed by atoms with van der Waals surface area (Å²) in [5, 5.41) is 6.22. The summed E-state index contributed by atoms with van der Waals surface area (Å²) in [5.41, 5.74) is 0. The van der Waals surface area contributed by atoms with E-state index in [1.165, 1.54) is 11.3 Å². The maximum absolute atomic E-state index is 12.5. The molecule has 0 saturated carbocycles. The van der Waals surface area contributed by atoms with Crippen molar-refractivity contribution in [3.63, 3.8) is 0 Å². The monoisotopic (exact) mass is 215 g/mol. The molecule has 2 fully saturated rings. The Kier molecular flexibility index (Phi) is 3.41. The van der Waals surface area contributed by atoms with Crippen LogP contribution in [0.25, 0.3) is 0 Å². The van der Waals surface area contributed by atoms with Crippen LogP contribution in [0.3, 0.4) is 0 Å². The van der Waals surface area contributed by atoms with E-state index >= 15 is 0 Å². The zero-order chi connectivity index (χ0) is 10.7. The van der Waals surface area contributed by atoms with Gasteiger partial charge in [0, 0.05) is 12.6 Å². The van der Waals surface area contributed by atoms with Gasteiger partial charge in [0.2, 0.25) is 0 Å². The number of hydrogen-bond acceptors (Lipinski definition) is 2. The summed E-state index contributed by atoms with van der Waals surface area (Å²) in [6.07, 6.45) is 2.51. The number of rotatable bonds is 1. The van der Waals surface area contributed by atoms with Crippen LogP contribution >= 0.6 is 0 Å². The molecule has 2 aliphatic heterocycles. The number of carbonyl (C=O) groups is 1. The van der Waals surface area contributed by atoms with Crippen LogP contribution in [0.2, 0.25) is 0 Å². The molecule has 1 unspecified atom stereocenters. The fourth-order valence-electron chi connectivity index (χ4n) is 2.00. The first-order chi connectivity index (χ1) is 7.25. The molecular weight excluding hydrogens is 197 g/mol. The van der Waals surface area contributed by atoms with Gasteiger partial charge in [-0.1, -0.05) is 6.42 Å². The van der Waals surface area contributed by atoms with E-state index in [1.54, 1.807) is 0 Å². The van der Waals surface area contributed by atoms with Crippen LogP contribution in [0.5, 0.6) is 0 Å². The van der Waals surface area contributed by atoms with Crippen LogP contribution in [0.15, 0.2) is 0 Å². The number of urea groups is 1. The van der Waals surface area contributed by atoms with E-state index in [0.29, 0.717) is 0 Å². The van der Waals surface area contributed by atoms with Gasteiger partial charge in [-0.3, -0.25) is 0 Å². The predicted octanol–water partition coefficient (Wildman–Crippen LogP) is 0.492. The zero-order valence-electron chi connectivity index (χ0n) is 8.84. The number of alkyl halides is 1. The van der Waals surface area contributed by atoms with Crippen LogP contribution in [0.4, 0.5) is 9.18 Å². The van der Waals surface area contributed by atoms with E-state index in [2.05, 4.69) is 10.6 Å². The Morgan fingerprint density at radius 2 is 2.20 bits per heavy atom. The minimum absolute atomic E-state index is 0.113. The molecule has 2 rings (SSSR count). The van der Waals surface area contributed by atoms with Crippen LogP contribution in [-0.2, 0) is 0 Å². The second-order valence-electron chi connectivity index (χ2n) is 4.35. The first-order valence-electron chi connectivity index (χ1n) is 5.66. The van der Waals surface area contributed by atoms with E-state index in [-0.39, 0.29) is 25.2 Å². The number of nitrogens with one attached hydrogen (secondary N) is 2. The second-order valence-corrected chi connectivity index (χ2v) is 4.35. The van der Waals surface area contributed by atoms with Gasteiger partial charge in [-0.15, -0.1) is 0 Å². The van der Waals surface area contributed by atoms with Crippen molar-refractivity contribution in [3.05, 3.63) is 0 Å². The number of amides is 2. The molecule has 0 radical (unpaired) electrons. The Bertz CT molecular complexity index is 223. The van der Waals surface area contributed by atoms with Crippen LogP contribution < -0.4 is 10.6 Å². The van der Waals surface area contributed by atoms with Gasteiger partial charge >= 0.3 is 6.03 Å². The number of halogens is 1. The summed E-state index contributed by atoms with van der Waals surface area (Å²) < 4.78 is 12.5. The lowest BCUT2D eigenvalue weighted by atomic mass is 10.1. The highest BCUT2D eigenvalue weighted by atomic mass is 19.1. The molecule has 0 bridgehead atoms. The summed E-state index contributed by atoms with van der Waals surface area (Å²) in [5.74, 6) is 0. The Morgan fingerprint density at radius 3 is 2.93 bits per heavy atom. The number of likely N-dealkylation sites (tertiary alicyclic amines) is 1. The highest BCUT2D eigenvalue weighted by Gasteiger charge is 2.31. The minimum atomic E-state index is -0.817. The number of nitrogens with zero attached hydrogens (tertiary/aromatic N) is 1. The first kappa shape index (κ1) is 10.7. The van der Waals surface area contributed by atoms with Gasteiger partial charge < -0.3 is 15.5 Å². The van der Waals surface area contributed by atoms with E-state index in [1.807, 2.05) is 0 Å². The van der Waals surface area contributed by atoms with Crippen molar-refractivity contribution in [1.82, 2.24) is 15.5 Å². The molecule has 2 aliphatic rings. The maximum atomic E-state index is 12.5. The molecule has 15 heavy (non-hydrogen) atoms. The molecule has 4 nitrogen and oxygen atoms in total. The summed E-state index contributed by atoms with van der Waals surface area (Å²) in [6, 6.07) is 0.0938. The van der Waals surface area contributed by atoms with Gasteiger partial charge in [0.25, 0.3) is 0 Å². The quantitative estimate of drug-likeness (QED) is 0.668. The Hall–Kier alpha value is -0.840. The third kappa shape index (κ3) is 2.81. The van der Waals surface area contributed by atoms with Crippen molar-refractivity contribution in [3.8, 4) is 0 Å². The largest absolute Gasteiger partial charge is 0.334 e. The van der Waals surface area contributed by atoms with Gasteiger partial charge in [0.05, 0.1) is 13.1 Å². The zero-order valence-corrected chi connectivity index (χ0v) is 8.84. The molecule has 5 heteroatoms. The molecule has 2 saturated heterocycles. The summed E-state index contributed by atoms with van der Waals surface area (Å²) in [4.78, 5) is 13.1. The third-order valence-electron chi connectivity index (χ3n) is 3.00. The molecule has 1 atom stereocenters. The standard InChI is InChI=1S/C10H18FN3O/c11-8-6-14(7-8)10(15)13-9-3-1-2-4-12-5-9/h8-9,12H,1-7H2,(H,13,15). The maximum Gasteiger partial charge on any atom is 0.317 e. The van der Waals surface area contributed by atoms with Crippen LogP contribution in [0.1, 0.15) is 19.3 Å². The van der Waals surface area contributed by atoms with Gasteiger partial charge in [-0.2, -0.15) is 0 Å². The first-order valence-corrected chi connectivity index (χ1v) is 5.66. The number of carbonyl (C=O) groups excluding carboxylic acids is 1. The summed E-state index contributed by atoms with van der Waals surface area (Å²) in [6.45, 7) is 2.37. The molecule has 0 aliphatic carbocycles. The van der Waals surface area contributed by atoms with E-state index in [4.69, 9.17) is 0 Å². The summed E-state index contributed by atoms with van der Waals surface area (Å²) in [7, 11) is 0. The van der Waals surface area contributed by atoms with Crippen molar-refractivity contribution in [2.24, 2.45) is 0 Å². The van der Waals surface area contributed by atoms with Gasteiger partial charge in [-0.05, 0) is 19.4 Å². The van der Waals surface area contributed by atoms with Crippen molar-refractivity contribution in [1.29, 1.82) is 0 Å². The molecule has 0 aromatic heterocycles. The van der Waals surface area contributed by atoms with Gasteiger partial charge in [0.15, 0.2) is 0 Å². The minimum Gasteiger partial charge on any atom is -0.334 e. The van der Waals surface area contributed by atoms with E-state index < -0.39 is 6.17 Å². The second kappa shape index (κ2) is 4.79.